The van der Waals surface area contributed by atoms with Gasteiger partial charge in [-0.2, -0.15) is 0 Å². The van der Waals surface area contributed by atoms with Crippen LogP contribution in [0.1, 0.15) is 41.9 Å². The number of benzene rings is 2. The van der Waals surface area contributed by atoms with Crippen LogP contribution in [0.25, 0.3) is 16.7 Å². The summed E-state index contributed by atoms with van der Waals surface area (Å²) in [7, 11) is 0. The number of ether oxygens (including phenoxy) is 1. The molecule has 34 heavy (non-hydrogen) atoms. The molecule has 1 unspecified atom stereocenters. The van der Waals surface area contributed by atoms with Crippen LogP contribution < -0.4 is 5.56 Å². The highest BCUT2D eigenvalue weighted by atomic mass is 32.2. The zero-order valence-corrected chi connectivity index (χ0v) is 20.0. The van der Waals surface area contributed by atoms with Crippen molar-refractivity contribution >= 4 is 28.6 Å². The number of para-hydroxylation sites is 1. The third kappa shape index (κ3) is 4.29. The maximum absolute atomic E-state index is 13.7. The number of carbonyl (C=O) groups is 1. The Balaban J connectivity index is 1.60. The van der Waals surface area contributed by atoms with Crippen molar-refractivity contribution in [3.8, 4) is 5.69 Å². The first-order chi connectivity index (χ1) is 16.5. The van der Waals surface area contributed by atoms with Crippen molar-refractivity contribution in [2.24, 2.45) is 0 Å². The molecule has 0 N–H and O–H groups in total. The summed E-state index contributed by atoms with van der Waals surface area (Å²) >= 11 is 1.25. The fraction of sp³-hybridized carbons (Fsp3) is 0.259. The SMILES string of the molecule is CCC1(C)Cc2nc3nc(SCC(=O)c4ccccc4)n(-c4ccccc4)c(=O)c3cc2CO1. The van der Waals surface area contributed by atoms with Gasteiger partial charge in [0.05, 0.1) is 34.7 Å². The van der Waals surface area contributed by atoms with Crippen molar-refractivity contribution in [3.05, 3.63) is 93.9 Å². The standard InChI is InChI=1S/C27H25N3O3S/c1-3-27(2)15-22-19(16-33-27)14-21-24(28-22)29-26(30(25(21)32)20-12-8-5-9-13-20)34-17-23(31)18-10-6-4-7-11-18/h4-14H,3,15-17H2,1-2H3. The van der Waals surface area contributed by atoms with Gasteiger partial charge in [-0.25, -0.2) is 9.97 Å². The van der Waals surface area contributed by atoms with E-state index in [0.29, 0.717) is 40.5 Å². The number of thioether (sulfide) groups is 1. The molecule has 172 valence electrons. The molecule has 0 spiro atoms. The maximum atomic E-state index is 13.7. The average molecular weight is 472 g/mol. The maximum Gasteiger partial charge on any atom is 0.268 e. The molecular formula is C27H25N3O3S. The van der Waals surface area contributed by atoms with E-state index < -0.39 is 0 Å². The lowest BCUT2D eigenvalue weighted by Gasteiger charge is -2.33. The highest BCUT2D eigenvalue weighted by molar-refractivity contribution is 7.99. The molecule has 0 bridgehead atoms. The van der Waals surface area contributed by atoms with E-state index >= 15 is 0 Å². The molecule has 0 radical (unpaired) electrons. The van der Waals surface area contributed by atoms with Gasteiger partial charge in [0.2, 0.25) is 0 Å². The van der Waals surface area contributed by atoms with Gasteiger partial charge >= 0.3 is 0 Å². The highest BCUT2D eigenvalue weighted by Crippen LogP contribution is 2.31. The van der Waals surface area contributed by atoms with Crippen molar-refractivity contribution in [2.75, 3.05) is 5.75 Å². The van der Waals surface area contributed by atoms with Crippen LogP contribution in [0.2, 0.25) is 0 Å². The number of hydrogen-bond donors (Lipinski definition) is 0. The molecule has 2 aromatic carbocycles. The van der Waals surface area contributed by atoms with Crippen molar-refractivity contribution < 1.29 is 9.53 Å². The fourth-order valence-electron chi connectivity index (χ4n) is 4.07. The van der Waals surface area contributed by atoms with Gasteiger partial charge in [-0.1, -0.05) is 67.2 Å². The summed E-state index contributed by atoms with van der Waals surface area (Å²) in [5.41, 5.74) is 3.11. The van der Waals surface area contributed by atoms with Crippen molar-refractivity contribution in [1.82, 2.24) is 14.5 Å². The molecule has 6 nitrogen and oxygen atoms in total. The molecule has 5 rings (SSSR count). The second kappa shape index (κ2) is 9.16. The predicted molar refractivity (Wildman–Crippen MR) is 134 cm³/mol. The lowest BCUT2D eigenvalue weighted by atomic mass is 9.91. The average Bonchev–Trinajstić information content (AvgIpc) is 2.87. The van der Waals surface area contributed by atoms with Crippen molar-refractivity contribution in [3.63, 3.8) is 0 Å². The molecule has 0 saturated carbocycles. The first kappa shape index (κ1) is 22.5. The molecule has 7 heteroatoms. The summed E-state index contributed by atoms with van der Waals surface area (Å²) in [4.78, 5) is 36.0. The molecule has 1 aliphatic rings. The van der Waals surface area contributed by atoms with Crippen LogP contribution in [-0.2, 0) is 17.8 Å². The lowest BCUT2D eigenvalue weighted by Crippen LogP contribution is -2.35. The summed E-state index contributed by atoms with van der Waals surface area (Å²) in [6, 6.07) is 20.4. The van der Waals surface area contributed by atoms with Gasteiger partial charge in [0.25, 0.3) is 5.56 Å². The minimum absolute atomic E-state index is 0.0196. The Morgan fingerprint density at radius 2 is 1.79 bits per heavy atom. The summed E-state index contributed by atoms with van der Waals surface area (Å²) < 4.78 is 7.63. The van der Waals surface area contributed by atoms with Gasteiger partial charge in [0, 0.05) is 17.5 Å². The van der Waals surface area contributed by atoms with Crippen molar-refractivity contribution in [1.29, 1.82) is 0 Å². The Bertz CT molecular complexity index is 1420. The Morgan fingerprint density at radius 3 is 2.50 bits per heavy atom. The summed E-state index contributed by atoms with van der Waals surface area (Å²) in [5, 5.41) is 0.899. The van der Waals surface area contributed by atoms with Gasteiger partial charge < -0.3 is 4.74 Å². The van der Waals surface area contributed by atoms with Crippen LogP contribution in [-0.4, -0.2) is 31.7 Å². The van der Waals surface area contributed by atoms with E-state index in [-0.39, 0.29) is 22.7 Å². The van der Waals surface area contributed by atoms with Crippen LogP contribution in [0, 0.1) is 0 Å². The third-order valence-electron chi connectivity index (χ3n) is 6.31. The molecule has 4 aromatic rings. The second-order valence-electron chi connectivity index (χ2n) is 8.68. The number of aromatic nitrogens is 3. The zero-order valence-electron chi connectivity index (χ0n) is 19.2. The molecule has 0 saturated heterocycles. The van der Waals surface area contributed by atoms with Gasteiger partial charge in [0.15, 0.2) is 16.6 Å². The molecular weight excluding hydrogens is 446 g/mol. The predicted octanol–water partition coefficient (Wildman–Crippen LogP) is 5.00. The third-order valence-corrected chi connectivity index (χ3v) is 7.24. The summed E-state index contributed by atoms with van der Waals surface area (Å²) in [6.07, 6.45) is 1.55. The number of Topliss-reactive ketones (excluding diaryl/α,β-unsaturated/α-hetero) is 1. The summed E-state index contributed by atoms with van der Waals surface area (Å²) in [6.45, 7) is 4.61. The Hall–Kier alpha value is -3.29. The number of fused-ring (bicyclic) bond motifs is 2. The minimum atomic E-state index is -0.271. The number of hydrogen-bond acceptors (Lipinski definition) is 6. The number of pyridine rings is 1. The van der Waals surface area contributed by atoms with E-state index in [0.717, 1.165) is 17.7 Å². The van der Waals surface area contributed by atoms with Gasteiger partial charge in [0.1, 0.15) is 0 Å². The first-order valence-electron chi connectivity index (χ1n) is 11.3. The van der Waals surface area contributed by atoms with Gasteiger partial charge in [-0.05, 0) is 31.5 Å². The lowest BCUT2D eigenvalue weighted by molar-refractivity contribution is -0.0573. The van der Waals surface area contributed by atoms with Crippen LogP contribution in [0.4, 0.5) is 0 Å². The Kier molecular flexibility index (Phi) is 6.06. The first-order valence-corrected chi connectivity index (χ1v) is 12.3. The van der Waals surface area contributed by atoms with Crippen LogP contribution >= 0.6 is 11.8 Å². The minimum Gasteiger partial charge on any atom is -0.370 e. The van der Waals surface area contributed by atoms with E-state index in [4.69, 9.17) is 14.7 Å². The quantitative estimate of drug-likeness (QED) is 0.224. The largest absolute Gasteiger partial charge is 0.370 e. The zero-order chi connectivity index (χ0) is 23.7. The van der Waals surface area contributed by atoms with Gasteiger partial charge in [-0.15, -0.1) is 0 Å². The van der Waals surface area contributed by atoms with Crippen LogP contribution in [0.3, 0.4) is 0 Å². The normalized spacial score (nSPS) is 17.5. The molecule has 1 atom stereocenters. The van der Waals surface area contributed by atoms with E-state index in [1.165, 1.54) is 11.8 Å². The molecule has 2 aromatic heterocycles. The van der Waals surface area contributed by atoms with Crippen LogP contribution in [0.15, 0.2) is 76.7 Å². The fourth-order valence-corrected chi connectivity index (χ4v) is 4.97. The number of rotatable bonds is 6. The van der Waals surface area contributed by atoms with Crippen molar-refractivity contribution in [2.45, 2.75) is 44.1 Å². The van der Waals surface area contributed by atoms with Gasteiger partial charge in [-0.3, -0.25) is 14.2 Å². The monoisotopic (exact) mass is 471 g/mol. The topological polar surface area (TPSA) is 74.1 Å². The number of carbonyl (C=O) groups excluding carboxylic acids is 1. The second-order valence-corrected chi connectivity index (χ2v) is 9.63. The Morgan fingerprint density at radius 1 is 1.09 bits per heavy atom. The molecule has 0 aliphatic carbocycles. The molecule has 3 heterocycles. The number of nitrogens with zero attached hydrogens (tertiary/aromatic N) is 3. The Labute approximate surface area is 202 Å². The molecule has 0 amide bonds. The number of ketones is 1. The molecule has 1 aliphatic heterocycles. The van der Waals surface area contributed by atoms with E-state index in [1.54, 1.807) is 16.7 Å². The highest BCUT2D eigenvalue weighted by Gasteiger charge is 2.31. The smallest absolute Gasteiger partial charge is 0.268 e. The van der Waals surface area contributed by atoms with E-state index in [1.807, 2.05) is 54.6 Å². The molecule has 0 fully saturated rings. The van der Waals surface area contributed by atoms with E-state index in [2.05, 4.69) is 13.8 Å². The van der Waals surface area contributed by atoms with Crippen LogP contribution in [0.5, 0.6) is 0 Å². The van der Waals surface area contributed by atoms with E-state index in [9.17, 15) is 9.59 Å². The summed E-state index contributed by atoms with van der Waals surface area (Å²) in [5.74, 6) is 0.149.